The number of rotatable bonds is 5. The van der Waals surface area contributed by atoms with Gasteiger partial charge in [-0.05, 0) is 23.6 Å². The van der Waals surface area contributed by atoms with E-state index in [1.807, 2.05) is 24.3 Å². The predicted molar refractivity (Wildman–Crippen MR) is 71.8 cm³/mol. The zero-order valence-electron chi connectivity index (χ0n) is 10.9. The first-order valence-electron chi connectivity index (χ1n) is 6.33. The quantitative estimate of drug-likeness (QED) is 0.844. The van der Waals surface area contributed by atoms with Gasteiger partial charge in [0.1, 0.15) is 0 Å². The van der Waals surface area contributed by atoms with Gasteiger partial charge in [0.2, 0.25) is 5.91 Å². The monoisotopic (exact) mass is 262 g/mol. The summed E-state index contributed by atoms with van der Waals surface area (Å²) in [6.45, 7) is 4.01. The Bertz CT molecular complexity index is 464. The minimum atomic E-state index is -0.718. The normalized spacial score (nSPS) is 15.8. The Morgan fingerprint density at radius 2 is 1.95 bits per heavy atom. The molecule has 1 amide bonds. The fourth-order valence-corrected chi connectivity index (χ4v) is 2.34. The van der Waals surface area contributed by atoms with E-state index in [0.717, 1.165) is 25.3 Å². The molecular formula is C14H18N2O3. The molecular weight excluding hydrogens is 244 g/mol. The van der Waals surface area contributed by atoms with Gasteiger partial charge in [0, 0.05) is 32.2 Å². The van der Waals surface area contributed by atoms with Crippen LogP contribution >= 0.6 is 0 Å². The van der Waals surface area contributed by atoms with Gasteiger partial charge >= 0.3 is 5.97 Å². The van der Waals surface area contributed by atoms with Gasteiger partial charge in [-0.15, -0.1) is 0 Å². The van der Waals surface area contributed by atoms with E-state index in [1.165, 1.54) is 12.5 Å². The average Bonchev–Trinajstić information content (AvgIpc) is 2.27. The number of aliphatic carboxylic acids is 1. The molecule has 1 saturated heterocycles. The van der Waals surface area contributed by atoms with Gasteiger partial charge in [0.05, 0.1) is 6.42 Å². The first kappa shape index (κ1) is 13.5. The highest BCUT2D eigenvalue weighted by Gasteiger charge is 2.28. The molecule has 0 unspecified atom stereocenters. The van der Waals surface area contributed by atoms with E-state index in [2.05, 4.69) is 10.2 Å². The summed E-state index contributed by atoms with van der Waals surface area (Å²) in [4.78, 5) is 23.7. The highest BCUT2D eigenvalue weighted by molar-refractivity contribution is 5.88. The number of benzene rings is 1. The lowest BCUT2D eigenvalue weighted by atomic mass is 9.96. The van der Waals surface area contributed by atoms with E-state index in [0.29, 0.717) is 0 Å². The highest BCUT2D eigenvalue weighted by Crippen LogP contribution is 2.22. The van der Waals surface area contributed by atoms with E-state index in [4.69, 9.17) is 5.11 Å². The fraction of sp³-hybridized carbons (Fsp3) is 0.429. The van der Waals surface area contributed by atoms with Crippen LogP contribution in [0.5, 0.6) is 0 Å². The van der Waals surface area contributed by atoms with Crippen molar-refractivity contribution in [1.29, 1.82) is 0 Å². The maximum Gasteiger partial charge on any atom is 0.303 e. The van der Waals surface area contributed by atoms with Crippen LogP contribution in [-0.2, 0) is 16.1 Å². The minimum Gasteiger partial charge on any atom is -0.481 e. The summed E-state index contributed by atoms with van der Waals surface area (Å²) in [5.74, 6) is -0.507. The summed E-state index contributed by atoms with van der Waals surface area (Å²) in [5, 5.41) is 11.4. The average molecular weight is 262 g/mol. The molecule has 0 saturated carbocycles. The van der Waals surface area contributed by atoms with Crippen LogP contribution in [0.3, 0.4) is 0 Å². The zero-order valence-corrected chi connectivity index (χ0v) is 10.9. The number of amides is 1. The topological polar surface area (TPSA) is 69.6 Å². The number of nitrogens with zero attached hydrogens (tertiary/aromatic N) is 1. The maximum atomic E-state index is 10.9. The Balaban J connectivity index is 1.78. The van der Waals surface area contributed by atoms with Gasteiger partial charge in [-0.2, -0.15) is 0 Å². The van der Waals surface area contributed by atoms with Crippen LogP contribution in [-0.4, -0.2) is 35.0 Å². The van der Waals surface area contributed by atoms with Crippen molar-refractivity contribution in [3.05, 3.63) is 29.8 Å². The first-order chi connectivity index (χ1) is 9.02. The molecule has 5 heteroatoms. The van der Waals surface area contributed by atoms with Crippen LogP contribution in [0, 0.1) is 5.92 Å². The van der Waals surface area contributed by atoms with E-state index in [1.54, 1.807) is 0 Å². The van der Waals surface area contributed by atoms with Crippen LogP contribution in [0.15, 0.2) is 24.3 Å². The molecule has 1 aromatic carbocycles. The SMILES string of the molecule is CC(=O)Nc1ccc(CN2CC(CC(=O)O)C2)cc1. The Hall–Kier alpha value is -1.88. The number of carboxylic acid groups (broad SMARTS) is 1. The number of carbonyl (C=O) groups is 2. The second kappa shape index (κ2) is 5.84. The van der Waals surface area contributed by atoms with E-state index in [-0.39, 0.29) is 18.2 Å². The number of likely N-dealkylation sites (tertiary alicyclic amines) is 1. The molecule has 0 spiro atoms. The molecule has 1 fully saturated rings. The van der Waals surface area contributed by atoms with Crippen LogP contribution in [0.25, 0.3) is 0 Å². The summed E-state index contributed by atoms with van der Waals surface area (Å²) >= 11 is 0. The molecule has 0 atom stereocenters. The number of hydrogen-bond donors (Lipinski definition) is 2. The molecule has 5 nitrogen and oxygen atoms in total. The second-order valence-corrected chi connectivity index (χ2v) is 5.04. The van der Waals surface area contributed by atoms with Gasteiger partial charge in [-0.25, -0.2) is 0 Å². The first-order valence-corrected chi connectivity index (χ1v) is 6.33. The summed E-state index contributed by atoms with van der Waals surface area (Å²) < 4.78 is 0. The molecule has 1 aliphatic rings. The maximum absolute atomic E-state index is 10.9. The second-order valence-electron chi connectivity index (χ2n) is 5.04. The van der Waals surface area contributed by atoms with Crippen molar-refractivity contribution in [2.45, 2.75) is 19.9 Å². The molecule has 0 radical (unpaired) electrons. The molecule has 0 aliphatic carbocycles. The molecule has 2 N–H and O–H groups in total. The van der Waals surface area contributed by atoms with Crippen molar-refractivity contribution in [3.8, 4) is 0 Å². The zero-order chi connectivity index (χ0) is 13.8. The van der Waals surface area contributed by atoms with Crippen molar-refractivity contribution in [2.24, 2.45) is 5.92 Å². The lowest BCUT2D eigenvalue weighted by molar-refractivity contribution is -0.139. The van der Waals surface area contributed by atoms with Crippen LogP contribution in [0.4, 0.5) is 5.69 Å². The van der Waals surface area contributed by atoms with Gasteiger partial charge in [-0.1, -0.05) is 12.1 Å². The van der Waals surface area contributed by atoms with Crippen molar-refractivity contribution in [2.75, 3.05) is 18.4 Å². The number of nitrogens with one attached hydrogen (secondary N) is 1. The van der Waals surface area contributed by atoms with Crippen molar-refractivity contribution in [1.82, 2.24) is 4.90 Å². The Kier molecular flexibility index (Phi) is 4.16. The third-order valence-corrected chi connectivity index (χ3v) is 3.18. The molecule has 1 heterocycles. The Morgan fingerprint density at radius 1 is 1.32 bits per heavy atom. The number of carbonyl (C=O) groups excluding carboxylic acids is 1. The van der Waals surface area contributed by atoms with E-state index < -0.39 is 5.97 Å². The molecule has 0 aromatic heterocycles. The summed E-state index contributed by atoms with van der Waals surface area (Å²) in [5.41, 5.74) is 1.96. The van der Waals surface area contributed by atoms with Crippen LogP contribution in [0.1, 0.15) is 18.9 Å². The molecule has 2 rings (SSSR count). The third kappa shape index (κ3) is 4.06. The van der Waals surface area contributed by atoms with Crippen LogP contribution in [0.2, 0.25) is 0 Å². The minimum absolute atomic E-state index is 0.0768. The third-order valence-electron chi connectivity index (χ3n) is 3.18. The van der Waals surface area contributed by atoms with E-state index in [9.17, 15) is 9.59 Å². The van der Waals surface area contributed by atoms with Gasteiger partial charge in [0.25, 0.3) is 0 Å². The largest absolute Gasteiger partial charge is 0.481 e. The summed E-state index contributed by atoms with van der Waals surface area (Å²) in [6, 6.07) is 7.72. The summed E-state index contributed by atoms with van der Waals surface area (Å²) in [6.07, 6.45) is 0.262. The number of anilines is 1. The predicted octanol–water partition coefficient (Wildman–Crippen LogP) is 1.55. The van der Waals surface area contributed by atoms with Gasteiger partial charge in [-0.3, -0.25) is 14.5 Å². The van der Waals surface area contributed by atoms with Crippen LogP contribution < -0.4 is 5.32 Å². The number of carboxylic acids is 1. The van der Waals surface area contributed by atoms with Crippen molar-refractivity contribution in [3.63, 3.8) is 0 Å². The molecule has 1 aromatic rings. The smallest absolute Gasteiger partial charge is 0.303 e. The molecule has 1 aliphatic heterocycles. The molecule has 0 bridgehead atoms. The van der Waals surface area contributed by atoms with Gasteiger partial charge < -0.3 is 10.4 Å². The Labute approximate surface area is 112 Å². The fourth-order valence-electron chi connectivity index (χ4n) is 2.34. The number of hydrogen-bond acceptors (Lipinski definition) is 3. The lowest BCUT2D eigenvalue weighted by Crippen LogP contribution is -2.46. The van der Waals surface area contributed by atoms with Gasteiger partial charge in [0.15, 0.2) is 0 Å². The van der Waals surface area contributed by atoms with Crippen molar-refractivity contribution >= 4 is 17.6 Å². The molecule has 102 valence electrons. The van der Waals surface area contributed by atoms with E-state index >= 15 is 0 Å². The Morgan fingerprint density at radius 3 is 2.47 bits per heavy atom. The lowest BCUT2D eigenvalue weighted by Gasteiger charge is -2.38. The molecule has 19 heavy (non-hydrogen) atoms. The van der Waals surface area contributed by atoms with Crippen molar-refractivity contribution < 1.29 is 14.7 Å². The standard InChI is InChI=1S/C14H18N2O3/c1-10(17)15-13-4-2-11(3-5-13)7-16-8-12(9-16)6-14(18)19/h2-5,12H,6-9H2,1H3,(H,15,17)(H,18,19). The highest BCUT2D eigenvalue weighted by atomic mass is 16.4. The summed E-state index contributed by atoms with van der Waals surface area (Å²) in [7, 11) is 0.